The van der Waals surface area contributed by atoms with Crippen LogP contribution in [0, 0.1) is 0 Å². The summed E-state index contributed by atoms with van der Waals surface area (Å²) in [5, 5.41) is 0. The number of amides is 1. The Morgan fingerprint density at radius 1 is 0.926 bits per heavy atom. The number of hydrogen-bond donors (Lipinski definition) is 0. The van der Waals surface area contributed by atoms with E-state index in [2.05, 4.69) is 17.1 Å². The van der Waals surface area contributed by atoms with Crippen LogP contribution in [0.1, 0.15) is 22.3 Å². The maximum Gasteiger partial charge on any atom is 0.279 e. The van der Waals surface area contributed by atoms with Crippen molar-refractivity contribution in [3.05, 3.63) is 89.5 Å². The van der Waals surface area contributed by atoms with E-state index in [0.717, 1.165) is 12.0 Å². The minimum absolute atomic E-state index is 0.307. The van der Waals surface area contributed by atoms with Crippen LogP contribution < -0.4 is 15.0 Å². The van der Waals surface area contributed by atoms with Gasteiger partial charge in [0.05, 0.1) is 13.2 Å². The van der Waals surface area contributed by atoms with Crippen LogP contribution in [0.5, 0.6) is 11.5 Å². The second kappa shape index (κ2) is 7.91. The first-order chi connectivity index (χ1) is 13.3. The molecule has 2 heterocycles. The van der Waals surface area contributed by atoms with Crippen LogP contribution in [0.25, 0.3) is 0 Å². The van der Waals surface area contributed by atoms with E-state index in [-0.39, 0.29) is 5.91 Å². The number of rotatable bonds is 3. The Labute approximate surface area is 157 Å². The van der Waals surface area contributed by atoms with Gasteiger partial charge in [0.2, 0.25) is 0 Å². The standard InChI is InChI=1S/C22H20N2O3/c25-22(18-10-11-19-20(15-18)27-14-6-13-26-19)23-21-9-4-5-12-24(21)16-17-7-2-1-3-8-17/h1-5,7-12,15H,6,13-14,16H2. The van der Waals surface area contributed by atoms with Crippen molar-refractivity contribution in [2.45, 2.75) is 13.0 Å². The lowest BCUT2D eigenvalue weighted by atomic mass is 10.2. The summed E-state index contributed by atoms with van der Waals surface area (Å²) in [5.41, 5.74) is 2.24. The number of ether oxygens (including phenoxy) is 2. The number of hydrogen-bond acceptors (Lipinski definition) is 3. The summed E-state index contributed by atoms with van der Waals surface area (Å²) in [6.07, 6.45) is 2.75. The van der Waals surface area contributed by atoms with Crippen LogP contribution in [-0.2, 0) is 6.54 Å². The summed E-state index contributed by atoms with van der Waals surface area (Å²) < 4.78 is 13.2. The van der Waals surface area contributed by atoms with Gasteiger partial charge in [0.15, 0.2) is 11.5 Å². The van der Waals surface area contributed by atoms with Crippen molar-refractivity contribution in [1.82, 2.24) is 4.57 Å². The quantitative estimate of drug-likeness (QED) is 0.719. The molecule has 0 saturated carbocycles. The third-order valence-corrected chi connectivity index (χ3v) is 4.32. The molecule has 0 spiro atoms. The first kappa shape index (κ1) is 17.1. The van der Waals surface area contributed by atoms with Crippen LogP contribution in [-0.4, -0.2) is 23.7 Å². The van der Waals surface area contributed by atoms with E-state index >= 15 is 0 Å². The minimum atomic E-state index is -0.307. The molecule has 27 heavy (non-hydrogen) atoms. The lowest BCUT2D eigenvalue weighted by molar-refractivity contribution is 0.0996. The SMILES string of the molecule is O=C(N=c1ccccn1Cc1ccccc1)c1ccc2c(c1)OCCCO2. The molecule has 4 rings (SSSR count). The van der Waals surface area contributed by atoms with Crippen LogP contribution in [0.2, 0.25) is 0 Å². The fourth-order valence-corrected chi connectivity index (χ4v) is 2.95. The van der Waals surface area contributed by atoms with E-state index in [0.29, 0.717) is 42.3 Å². The highest BCUT2D eigenvalue weighted by Gasteiger charge is 2.13. The van der Waals surface area contributed by atoms with Crippen molar-refractivity contribution in [3.63, 3.8) is 0 Å². The molecule has 0 radical (unpaired) electrons. The van der Waals surface area contributed by atoms with Crippen molar-refractivity contribution >= 4 is 5.91 Å². The number of pyridine rings is 1. The lowest BCUT2D eigenvalue weighted by Crippen LogP contribution is -2.22. The molecule has 1 aliphatic heterocycles. The van der Waals surface area contributed by atoms with E-state index in [9.17, 15) is 4.79 Å². The molecule has 1 aliphatic rings. The summed E-state index contributed by atoms with van der Waals surface area (Å²) >= 11 is 0. The Kier molecular flexibility index (Phi) is 5.01. The number of aromatic nitrogens is 1. The summed E-state index contributed by atoms with van der Waals surface area (Å²) in [6.45, 7) is 1.85. The highest BCUT2D eigenvalue weighted by atomic mass is 16.5. The molecule has 1 aromatic heterocycles. The van der Waals surface area contributed by atoms with E-state index in [1.54, 1.807) is 18.2 Å². The number of carbonyl (C=O) groups excluding carboxylic acids is 1. The molecule has 136 valence electrons. The van der Waals surface area contributed by atoms with Gasteiger partial charge in [-0.15, -0.1) is 0 Å². The summed E-state index contributed by atoms with van der Waals surface area (Å²) in [6, 6.07) is 20.9. The van der Waals surface area contributed by atoms with Gasteiger partial charge in [0, 0.05) is 24.7 Å². The Balaban J connectivity index is 1.64. The topological polar surface area (TPSA) is 52.8 Å². The summed E-state index contributed by atoms with van der Waals surface area (Å²) in [4.78, 5) is 17.0. The first-order valence-electron chi connectivity index (χ1n) is 8.98. The average molecular weight is 360 g/mol. The van der Waals surface area contributed by atoms with Gasteiger partial charge >= 0.3 is 0 Å². The third kappa shape index (κ3) is 4.08. The van der Waals surface area contributed by atoms with Gasteiger partial charge in [-0.05, 0) is 35.9 Å². The molecule has 2 aromatic carbocycles. The molecular formula is C22H20N2O3. The molecule has 0 fully saturated rings. The van der Waals surface area contributed by atoms with Crippen molar-refractivity contribution in [2.75, 3.05) is 13.2 Å². The van der Waals surface area contributed by atoms with E-state index in [1.807, 2.05) is 47.2 Å². The zero-order valence-corrected chi connectivity index (χ0v) is 14.9. The number of fused-ring (bicyclic) bond motifs is 1. The molecule has 1 amide bonds. The molecule has 5 nitrogen and oxygen atoms in total. The fraction of sp³-hybridized carbons (Fsp3) is 0.182. The molecule has 3 aromatic rings. The second-order valence-electron chi connectivity index (χ2n) is 6.30. The Bertz CT molecular complexity index is 1010. The van der Waals surface area contributed by atoms with Gasteiger partial charge in [-0.1, -0.05) is 36.4 Å². The fourth-order valence-electron chi connectivity index (χ4n) is 2.95. The van der Waals surface area contributed by atoms with E-state index in [4.69, 9.17) is 9.47 Å². The Morgan fingerprint density at radius 2 is 1.70 bits per heavy atom. The highest BCUT2D eigenvalue weighted by molar-refractivity contribution is 5.95. The van der Waals surface area contributed by atoms with Gasteiger partial charge in [-0.3, -0.25) is 4.79 Å². The van der Waals surface area contributed by atoms with Crippen LogP contribution >= 0.6 is 0 Å². The first-order valence-corrected chi connectivity index (χ1v) is 8.98. The molecular weight excluding hydrogens is 340 g/mol. The number of benzene rings is 2. The summed E-state index contributed by atoms with van der Waals surface area (Å²) in [7, 11) is 0. The predicted molar refractivity (Wildman–Crippen MR) is 102 cm³/mol. The lowest BCUT2D eigenvalue weighted by Gasteiger charge is -2.09. The number of carbonyl (C=O) groups is 1. The van der Waals surface area contributed by atoms with Crippen molar-refractivity contribution in [1.29, 1.82) is 0 Å². The van der Waals surface area contributed by atoms with Crippen LogP contribution in [0.3, 0.4) is 0 Å². The zero-order valence-electron chi connectivity index (χ0n) is 14.9. The van der Waals surface area contributed by atoms with Crippen LogP contribution in [0.4, 0.5) is 0 Å². The predicted octanol–water partition coefficient (Wildman–Crippen LogP) is 3.44. The average Bonchev–Trinajstić information content (AvgIpc) is 2.95. The molecule has 0 N–H and O–H groups in total. The second-order valence-corrected chi connectivity index (χ2v) is 6.30. The van der Waals surface area contributed by atoms with Gasteiger partial charge in [-0.2, -0.15) is 4.99 Å². The van der Waals surface area contributed by atoms with E-state index < -0.39 is 0 Å². The normalized spacial score (nSPS) is 13.9. The van der Waals surface area contributed by atoms with Gasteiger partial charge in [0.25, 0.3) is 5.91 Å². The minimum Gasteiger partial charge on any atom is -0.490 e. The molecule has 0 unspecified atom stereocenters. The van der Waals surface area contributed by atoms with Gasteiger partial charge < -0.3 is 14.0 Å². The van der Waals surface area contributed by atoms with Crippen LogP contribution in [0.15, 0.2) is 77.9 Å². The molecule has 0 saturated heterocycles. The monoisotopic (exact) mass is 360 g/mol. The van der Waals surface area contributed by atoms with Crippen molar-refractivity contribution < 1.29 is 14.3 Å². The number of nitrogens with zero attached hydrogens (tertiary/aromatic N) is 2. The van der Waals surface area contributed by atoms with Crippen molar-refractivity contribution in [3.8, 4) is 11.5 Å². The molecule has 0 bridgehead atoms. The highest BCUT2D eigenvalue weighted by Crippen LogP contribution is 2.30. The Hall–Kier alpha value is -3.34. The molecule has 0 aliphatic carbocycles. The van der Waals surface area contributed by atoms with Crippen molar-refractivity contribution in [2.24, 2.45) is 4.99 Å². The third-order valence-electron chi connectivity index (χ3n) is 4.32. The maximum atomic E-state index is 12.7. The van der Waals surface area contributed by atoms with Gasteiger partial charge in [-0.25, -0.2) is 0 Å². The Morgan fingerprint density at radius 3 is 2.56 bits per heavy atom. The van der Waals surface area contributed by atoms with E-state index in [1.165, 1.54) is 0 Å². The largest absolute Gasteiger partial charge is 0.490 e. The molecule has 0 atom stereocenters. The zero-order chi connectivity index (χ0) is 18.5. The smallest absolute Gasteiger partial charge is 0.279 e. The maximum absolute atomic E-state index is 12.7. The van der Waals surface area contributed by atoms with Gasteiger partial charge in [0.1, 0.15) is 5.49 Å². The summed E-state index contributed by atoms with van der Waals surface area (Å²) in [5.74, 6) is 0.959. The molecule has 5 heteroatoms.